The van der Waals surface area contributed by atoms with Gasteiger partial charge in [0.25, 0.3) is 0 Å². The van der Waals surface area contributed by atoms with E-state index < -0.39 is 18.0 Å². The van der Waals surface area contributed by atoms with E-state index in [0.717, 1.165) is 37.7 Å². The summed E-state index contributed by atoms with van der Waals surface area (Å²) >= 11 is 0. The minimum Gasteiger partial charge on any atom is -0.392 e. The van der Waals surface area contributed by atoms with Crippen LogP contribution in [0.5, 0.6) is 0 Å². The smallest absolute Gasteiger partial charge is 0.171 e. The predicted octanol–water partition coefficient (Wildman–Crippen LogP) is 4.90. The minimum atomic E-state index is -1.42. The average molecular weight is 431 g/mol. The molecule has 2 saturated carbocycles. The number of fused-ring (bicyclic) bond motifs is 5. The van der Waals surface area contributed by atoms with Crippen molar-refractivity contribution in [3.05, 3.63) is 34.9 Å². The van der Waals surface area contributed by atoms with E-state index in [4.69, 9.17) is 4.74 Å². The molecule has 4 rings (SSSR count). The molecule has 0 heterocycles. The van der Waals surface area contributed by atoms with Crippen LogP contribution in [0.15, 0.2) is 34.9 Å². The molecule has 8 atom stereocenters. The maximum atomic E-state index is 11.4. The summed E-state index contributed by atoms with van der Waals surface area (Å²) in [6, 6.07) is 0. The third-order valence-electron chi connectivity index (χ3n) is 9.63. The Kier molecular flexibility index (Phi) is 6.09. The zero-order valence-corrected chi connectivity index (χ0v) is 20.0. The van der Waals surface area contributed by atoms with Crippen molar-refractivity contribution < 1.29 is 20.1 Å². The van der Waals surface area contributed by atoms with Crippen LogP contribution in [0.25, 0.3) is 0 Å². The Bertz CT molecular complexity index is 797. The fraction of sp³-hybridized carbons (Fsp3) is 0.778. The Morgan fingerprint density at radius 2 is 1.94 bits per heavy atom. The largest absolute Gasteiger partial charge is 0.392 e. The number of hydrogen-bond acceptors (Lipinski definition) is 4. The van der Waals surface area contributed by atoms with Crippen molar-refractivity contribution in [2.45, 2.75) is 97.6 Å². The lowest BCUT2D eigenvalue weighted by Crippen LogP contribution is -2.56. The van der Waals surface area contributed by atoms with Gasteiger partial charge >= 0.3 is 0 Å². The van der Waals surface area contributed by atoms with Crippen LogP contribution in [0.4, 0.5) is 0 Å². The molecule has 3 N–H and O–H groups in total. The fourth-order valence-corrected chi connectivity index (χ4v) is 7.06. The van der Waals surface area contributed by atoms with Gasteiger partial charge in [-0.1, -0.05) is 76.0 Å². The molecule has 4 aliphatic rings. The number of rotatable bonds is 6. The van der Waals surface area contributed by atoms with E-state index in [0.29, 0.717) is 18.3 Å². The van der Waals surface area contributed by atoms with Crippen LogP contribution in [0, 0.1) is 28.6 Å². The molecular formula is C27H42O4. The van der Waals surface area contributed by atoms with Crippen LogP contribution in [0.3, 0.4) is 0 Å². The van der Waals surface area contributed by atoms with Crippen LogP contribution in [-0.2, 0) is 4.74 Å². The molecule has 0 unspecified atom stereocenters. The molecule has 4 nitrogen and oxygen atoms in total. The molecule has 0 radical (unpaired) electrons. The van der Waals surface area contributed by atoms with E-state index in [1.807, 2.05) is 13.8 Å². The molecule has 4 heteroatoms. The Balaban J connectivity index is 1.57. The molecule has 0 saturated heterocycles. The van der Waals surface area contributed by atoms with Crippen LogP contribution in [0.1, 0.15) is 79.6 Å². The quantitative estimate of drug-likeness (QED) is 0.414. The van der Waals surface area contributed by atoms with E-state index in [1.54, 1.807) is 5.57 Å². The number of aliphatic hydroxyl groups excluding tert-OH is 2. The van der Waals surface area contributed by atoms with Gasteiger partial charge in [-0.15, -0.1) is 0 Å². The van der Waals surface area contributed by atoms with Crippen LogP contribution in [0.2, 0.25) is 0 Å². The molecule has 0 aromatic carbocycles. The highest BCUT2D eigenvalue weighted by molar-refractivity contribution is 5.43. The van der Waals surface area contributed by atoms with Crippen molar-refractivity contribution in [3.8, 4) is 0 Å². The van der Waals surface area contributed by atoms with Crippen molar-refractivity contribution >= 4 is 0 Å². The predicted molar refractivity (Wildman–Crippen MR) is 123 cm³/mol. The van der Waals surface area contributed by atoms with E-state index in [2.05, 4.69) is 39.0 Å². The van der Waals surface area contributed by atoms with Gasteiger partial charge in [0, 0.05) is 18.3 Å². The second-order valence-corrected chi connectivity index (χ2v) is 11.1. The molecule has 0 bridgehead atoms. The first-order chi connectivity index (χ1) is 14.6. The lowest BCUT2D eigenvalue weighted by atomic mass is 9.49. The van der Waals surface area contributed by atoms with Crippen molar-refractivity contribution in [2.75, 3.05) is 6.61 Å². The maximum Gasteiger partial charge on any atom is 0.171 e. The van der Waals surface area contributed by atoms with Gasteiger partial charge in [-0.05, 0) is 48.9 Å². The molecule has 0 spiro atoms. The summed E-state index contributed by atoms with van der Waals surface area (Å²) in [6.07, 6.45) is 11.6. The van der Waals surface area contributed by atoms with Crippen molar-refractivity contribution in [2.24, 2.45) is 28.6 Å². The summed E-state index contributed by atoms with van der Waals surface area (Å²) in [4.78, 5) is 0. The molecule has 174 valence electrons. The topological polar surface area (TPSA) is 69.9 Å². The van der Waals surface area contributed by atoms with Crippen molar-refractivity contribution in [1.82, 2.24) is 0 Å². The zero-order chi connectivity index (χ0) is 22.6. The number of hydrogen-bond donors (Lipinski definition) is 3. The molecule has 4 aliphatic carbocycles. The second kappa shape index (κ2) is 8.13. The first kappa shape index (κ1) is 23.2. The van der Waals surface area contributed by atoms with Crippen LogP contribution in [-0.4, -0.2) is 39.9 Å². The summed E-state index contributed by atoms with van der Waals surface area (Å²) in [6.45, 7) is 11.0. The highest BCUT2D eigenvalue weighted by Gasteiger charge is 2.58. The van der Waals surface area contributed by atoms with Gasteiger partial charge in [-0.2, -0.15) is 0 Å². The first-order valence-electron chi connectivity index (χ1n) is 12.4. The SMILES string of the molecule is CCC1=CC[C@H]2C3=CC=C4C[C@](O)(OC[C@@H](O)[C@@H](C)CC)C[C@H](O)[C@]4(C)[C@H]3CC[C@]12C. The van der Waals surface area contributed by atoms with Crippen LogP contribution < -0.4 is 0 Å². The Labute approximate surface area is 188 Å². The second-order valence-electron chi connectivity index (χ2n) is 11.1. The standard InChI is InChI=1S/C27H42O4/c1-6-17(3)23(28)16-31-27(30)14-19-8-10-20-21-11-9-18(7-2)25(21,4)13-12-22(20)26(19,5)24(29)15-27/h8-10,17,21-24,28-30H,6-7,11-16H2,1-5H3/t17-,21-,22-,23+,24-,25+,26-,27-/m0/s1. The fourth-order valence-electron chi connectivity index (χ4n) is 7.06. The molecule has 0 aromatic rings. The van der Waals surface area contributed by atoms with Gasteiger partial charge < -0.3 is 20.1 Å². The van der Waals surface area contributed by atoms with Gasteiger partial charge in [0.2, 0.25) is 0 Å². The zero-order valence-electron chi connectivity index (χ0n) is 20.0. The third-order valence-corrected chi connectivity index (χ3v) is 9.63. The number of ether oxygens (including phenoxy) is 1. The average Bonchev–Trinajstić information content (AvgIpc) is 3.09. The summed E-state index contributed by atoms with van der Waals surface area (Å²) in [5.74, 6) is -0.449. The third kappa shape index (κ3) is 3.58. The molecular weight excluding hydrogens is 388 g/mol. The lowest BCUT2D eigenvalue weighted by molar-refractivity contribution is -0.252. The van der Waals surface area contributed by atoms with Gasteiger partial charge in [0.15, 0.2) is 5.79 Å². The van der Waals surface area contributed by atoms with Crippen LogP contribution >= 0.6 is 0 Å². The Morgan fingerprint density at radius 1 is 1.19 bits per heavy atom. The monoisotopic (exact) mass is 430 g/mol. The molecule has 0 amide bonds. The summed E-state index contributed by atoms with van der Waals surface area (Å²) in [5, 5.41) is 32.9. The van der Waals surface area contributed by atoms with Gasteiger partial charge in [-0.25, -0.2) is 0 Å². The normalized spacial score (nSPS) is 43.7. The first-order valence-corrected chi connectivity index (χ1v) is 12.4. The van der Waals surface area contributed by atoms with Crippen molar-refractivity contribution in [3.63, 3.8) is 0 Å². The molecule has 31 heavy (non-hydrogen) atoms. The van der Waals surface area contributed by atoms with Gasteiger partial charge in [-0.3, -0.25) is 0 Å². The van der Waals surface area contributed by atoms with E-state index in [-0.39, 0.29) is 29.8 Å². The summed E-state index contributed by atoms with van der Waals surface area (Å²) in [5.41, 5.74) is 4.09. The molecule has 0 aromatic heterocycles. The van der Waals surface area contributed by atoms with E-state index >= 15 is 0 Å². The highest BCUT2D eigenvalue weighted by Crippen LogP contribution is 2.64. The Hall–Kier alpha value is -0.940. The van der Waals surface area contributed by atoms with E-state index in [1.165, 1.54) is 5.57 Å². The highest BCUT2D eigenvalue weighted by atomic mass is 16.6. The Morgan fingerprint density at radius 3 is 2.61 bits per heavy atom. The minimum absolute atomic E-state index is 0.0959. The molecule has 2 fully saturated rings. The van der Waals surface area contributed by atoms with E-state index in [9.17, 15) is 15.3 Å². The van der Waals surface area contributed by atoms with Gasteiger partial charge in [0.05, 0.1) is 18.8 Å². The number of allylic oxidation sites excluding steroid dienone is 5. The van der Waals surface area contributed by atoms with Gasteiger partial charge in [0.1, 0.15) is 0 Å². The summed E-state index contributed by atoms with van der Waals surface area (Å²) in [7, 11) is 0. The van der Waals surface area contributed by atoms with Crippen molar-refractivity contribution in [1.29, 1.82) is 0 Å². The lowest BCUT2D eigenvalue weighted by Gasteiger charge is -2.57. The number of aliphatic hydroxyl groups is 3. The summed E-state index contributed by atoms with van der Waals surface area (Å²) < 4.78 is 5.85. The maximum absolute atomic E-state index is 11.4. The molecule has 0 aliphatic heterocycles.